The third-order valence-corrected chi connectivity index (χ3v) is 1.68. The summed E-state index contributed by atoms with van der Waals surface area (Å²) < 4.78 is 0. The van der Waals surface area contributed by atoms with Crippen LogP contribution >= 0.6 is 11.8 Å². The molecule has 9 heavy (non-hydrogen) atoms. The van der Waals surface area contributed by atoms with Crippen LogP contribution in [0.1, 0.15) is 13.3 Å². The molecule has 0 atom stereocenters. The molecule has 2 nitrogen and oxygen atoms in total. The summed E-state index contributed by atoms with van der Waals surface area (Å²) in [6.07, 6.45) is 3.24. The fourth-order valence-electron chi connectivity index (χ4n) is 0.608. The predicted octanol–water partition coefficient (Wildman–Crippen LogP) is 0.935. The van der Waals surface area contributed by atoms with Gasteiger partial charge in [-0.1, -0.05) is 6.92 Å². The van der Waals surface area contributed by atoms with Gasteiger partial charge >= 0.3 is 0 Å². The number of hydrogen-bond donors (Lipinski definition) is 1. The van der Waals surface area contributed by atoms with Crippen LogP contribution in [0.5, 0.6) is 0 Å². The summed E-state index contributed by atoms with van der Waals surface area (Å²) in [7, 11) is 0. The molecular weight excluding hydrogens is 132 g/mol. The lowest BCUT2D eigenvalue weighted by atomic mass is 10.5. The number of nitrogens with two attached hydrogens (primary N) is 1. The largest absolute Gasteiger partial charge is 0.269 e. The predicted molar refractivity (Wildman–Crippen MR) is 44.4 cm³/mol. The highest BCUT2D eigenvalue weighted by atomic mass is 32.2. The van der Waals surface area contributed by atoms with Gasteiger partial charge in [-0.05, 0) is 12.7 Å². The van der Waals surface area contributed by atoms with E-state index in [1.807, 2.05) is 16.8 Å². The summed E-state index contributed by atoms with van der Waals surface area (Å²) in [4.78, 5) is 0. The van der Waals surface area contributed by atoms with E-state index in [1.165, 1.54) is 0 Å². The molecule has 0 aromatic carbocycles. The van der Waals surface area contributed by atoms with Crippen molar-refractivity contribution in [3.63, 3.8) is 0 Å². The Bertz CT molecular complexity index is 59.0. The molecule has 0 fully saturated rings. The zero-order chi connectivity index (χ0) is 7.11. The molecule has 0 heterocycles. The summed E-state index contributed by atoms with van der Waals surface area (Å²) in [6, 6.07) is 0. The lowest BCUT2D eigenvalue weighted by Crippen LogP contribution is -2.33. The molecule has 2 N–H and O–H groups in total. The average molecular weight is 148 g/mol. The van der Waals surface area contributed by atoms with Crippen molar-refractivity contribution in [2.45, 2.75) is 13.3 Å². The SMILES string of the molecule is CCCN(N)CCSC. The molecule has 0 aliphatic carbocycles. The van der Waals surface area contributed by atoms with Crippen molar-refractivity contribution in [1.29, 1.82) is 0 Å². The minimum atomic E-state index is 1.01. The maximum Gasteiger partial charge on any atom is 0.0219 e. The smallest absolute Gasteiger partial charge is 0.0219 e. The summed E-state index contributed by atoms with van der Waals surface area (Å²) >= 11 is 1.83. The lowest BCUT2D eigenvalue weighted by molar-refractivity contribution is 0.302. The van der Waals surface area contributed by atoms with Gasteiger partial charge in [0, 0.05) is 18.8 Å². The fourth-order valence-corrected chi connectivity index (χ4v) is 1.02. The molecule has 0 unspecified atom stereocenters. The molecule has 0 spiro atoms. The van der Waals surface area contributed by atoms with E-state index in [0.717, 1.165) is 25.3 Å². The average Bonchev–Trinajstić information content (AvgIpc) is 1.85. The topological polar surface area (TPSA) is 29.3 Å². The van der Waals surface area contributed by atoms with Crippen LogP contribution in [0.4, 0.5) is 0 Å². The summed E-state index contributed by atoms with van der Waals surface area (Å²) in [5, 5.41) is 1.87. The van der Waals surface area contributed by atoms with Gasteiger partial charge in [0.15, 0.2) is 0 Å². The fraction of sp³-hybridized carbons (Fsp3) is 1.00. The highest BCUT2D eigenvalue weighted by molar-refractivity contribution is 7.98. The van der Waals surface area contributed by atoms with Crippen LogP contribution in [0.2, 0.25) is 0 Å². The van der Waals surface area contributed by atoms with Crippen LogP contribution in [-0.2, 0) is 0 Å². The molecule has 0 aromatic heterocycles. The summed E-state index contributed by atoms with van der Waals surface area (Å²) in [6.45, 7) is 4.16. The van der Waals surface area contributed by atoms with E-state index in [4.69, 9.17) is 5.84 Å². The number of hydrogen-bond acceptors (Lipinski definition) is 3. The molecule has 3 heteroatoms. The maximum atomic E-state index is 5.59. The van der Waals surface area contributed by atoms with E-state index in [-0.39, 0.29) is 0 Å². The normalized spacial score (nSPS) is 10.7. The van der Waals surface area contributed by atoms with Crippen molar-refractivity contribution in [1.82, 2.24) is 5.01 Å². The molecule has 0 amide bonds. The third-order valence-electron chi connectivity index (χ3n) is 1.09. The second-order valence-electron chi connectivity index (χ2n) is 2.03. The first-order valence-electron chi connectivity index (χ1n) is 3.29. The Labute approximate surface area is 61.8 Å². The Balaban J connectivity index is 2.95. The van der Waals surface area contributed by atoms with Crippen molar-refractivity contribution in [2.75, 3.05) is 25.1 Å². The number of thioether (sulfide) groups is 1. The highest BCUT2D eigenvalue weighted by Crippen LogP contribution is 1.91. The van der Waals surface area contributed by atoms with Gasteiger partial charge in [0.05, 0.1) is 0 Å². The van der Waals surface area contributed by atoms with Gasteiger partial charge in [0.1, 0.15) is 0 Å². The molecule has 0 rings (SSSR count). The van der Waals surface area contributed by atoms with Crippen LogP contribution < -0.4 is 5.84 Å². The number of nitrogens with zero attached hydrogens (tertiary/aromatic N) is 1. The Morgan fingerprint density at radius 2 is 2.11 bits per heavy atom. The van der Waals surface area contributed by atoms with E-state index >= 15 is 0 Å². The van der Waals surface area contributed by atoms with Crippen molar-refractivity contribution in [3.8, 4) is 0 Å². The zero-order valence-electron chi connectivity index (χ0n) is 6.26. The van der Waals surface area contributed by atoms with Gasteiger partial charge in [-0.2, -0.15) is 11.8 Å². The van der Waals surface area contributed by atoms with E-state index in [9.17, 15) is 0 Å². The number of hydrazine groups is 1. The second kappa shape index (κ2) is 6.39. The van der Waals surface area contributed by atoms with Gasteiger partial charge in [0.25, 0.3) is 0 Å². The standard InChI is InChI=1S/C6H16N2S/c1-3-4-8(7)5-6-9-2/h3-7H2,1-2H3. The van der Waals surface area contributed by atoms with Crippen LogP contribution in [-0.4, -0.2) is 30.1 Å². The van der Waals surface area contributed by atoms with Crippen molar-refractivity contribution in [3.05, 3.63) is 0 Å². The Morgan fingerprint density at radius 1 is 1.44 bits per heavy atom. The van der Waals surface area contributed by atoms with Gasteiger partial charge in [0.2, 0.25) is 0 Å². The third kappa shape index (κ3) is 6.15. The van der Waals surface area contributed by atoms with Crippen LogP contribution in [0.15, 0.2) is 0 Å². The van der Waals surface area contributed by atoms with Crippen molar-refractivity contribution >= 4 is 11.8 Å². The molecule has 0 bridgehead atoms. The molecule has 0 saturated heterocycles. The first kappa shape index (κ1) is 9.27. The summed E-state index contributed by atoms with van der Waals surface area (Å²) in [5.41, 5.74) is 0. The minimum absolute atomic E-state index is 1.01. The molecule has 0 aliphatic rings. The quantitative estimate of drug-likeness (QED) is 0.464. The van der Waals surface area contributed by atoms with E-state index < -0.39 is 0 Å². The molecule has 56 valence electrons. The first-order chi connectivity index (χ1) is 4.31. The first-order valence-corrected chi connectivity index (χ1v) is 4.69. The van der Waals surface area contributed by atoms with Gasteiger partial charge in [-0.15, -0.1) is 0 Å². The van der Waals surface area contributed by atoms with Crippen molar-refractivity contribution in [2.24, 2.45) is 5.84 Å². The minimum Gasteiger partial charge on any atom is -0.269 e. The Morgan fingerprint density at radius 3 is 2.56 bits per heavy atom. The van der Waals surface area contributed by atoms with E-state index in [1.54, 1.807) is 0 Å². The molecule has 0 aromatic rings. The maximum absolute atomic E-state index is 5.59. The molecule has 0 radical (unpaired) electrons. The lowest BCUT2D eigenvalue weighted by Gasteiger charge is -2.13. The zero-order valence-corrected chi connectivity index (χ0v) is 7.08. The second-order valence-corrected chi connectivity index (χ2v) is 3.01. The van der Waals surface area contributed by atoms with Crippen molar-refractivity contribution < 1.29 is 0 Å². The Kier molecular flexibility index (Phi) is 6.58. The molecular formula is C6H16N2S. The van der Waals surface area contributed by atoms with Crippen LogP contribution in [0.3, 0.4) is 0 Å². The van der Waals surface area contributed by atoms with Gasteiger partial charge in [-0.3, -0.25) is 5.84 Å². The van der Waals surface area contributed by atoms with Crippen LogP contribution in [0, 0.1) is 0 Å². The molecule has 0 saturated carbocycles. The van der Waals surface area contributed by atoms with Gasteiger partial charge < -0.3 is 0 Å². The Hall–Kier alpha value is 0.270. The van der Waals surface area contributed by atoms with Gasteiger partial charge in [-0.25, -0.2) is 5.01 Å². The molecule has 0 aliphatic heterocycles. The number of rotatable bonds is 5. The van der Waals surface area contributed by atoms with E-state index in [0.29, 0.717) is 0 Å². The van der Waals surface area contributed by atoms with Crippen LogP contribution in [0.25, 0.3) is 0 Å². The highest BCUT2D eigenvalue weighted by Gasteiger charge is 1.93. The van der Waals surface area contributed by atoms with E-state index in [2.05, 4.69) is 13.2 Å². The monoisotopic (exact) mass is 148 g/mol. The summed E-state index contributed by atoms with van der Waals surface area (Å²) in [5.74, 6) is 6.73.